The van der Waals surface area contributed by atoms with E-state index in [-0.39, 0.29) is 17.3 Å². The number of pyridine rings is 1. The van der Waals surface area contributed by atoms with Gasteiger partial charge in [-0.15, -0.1) is 0 Å². The van der Waals surface area contributed by atoms with E-state index in [4.69, 9.17) is 21.3 Å². The maximum atomic E-state index is 14.5. The topological polar surface area (TPSA) is 84.6 Å². The lowest BCUT2D eigenvalue weighted by molar-refractivity contribution is 0.0564. The normalized spacial score (nSPS) is 23.2. The third-order valence-electron chi connectivity index (χ3n) is 6.47. The van der Waals surface area contributed by atoms with Crippen LogP contribution in [0.4, 0.5) is 18.0 Å². The molecule has 3 aliphatic heterocycles. The highest BCUT2D eigenvalue weighted by Gasteiger charge is 2.51. The molecule has 12 heteroatoms. The van der Waals surface area contributed by atoms with Gasteiger partial charge in [0.2, 0.25) is 0 Å². The number of benzene rings is 1. The minimum atomic E-state index is -2.83. The third-order valence-corrected chi connectivity index (χ3v) is 6.77. The number of amidine groups is 1. The van der Waals surface area contributed by atoms with Crippen molar-refractivity contribution in [2.45, 2.75) is 24.6 Å². The molecular weight excluding hydrogens is 497 g/mol. The highest BCUT2D eigenvalue weighted by Crippen LogP contribution is 2.47. The Bertz CT molecular complexity index is 1430. The van der Waals surface area contributed by atoms with E-state index in [2.05, 4.69) is 15.4 Å². The van der Waals surface area contributed by atoms with Gasteiger partial charge >= 0.3 is 12.6 Å². The maximum absolute atomic E-state index is 14.5. The number of alkyl halides is 2. The second-order valence-corrected chi connectivity index (χ2v) is 9.21. The molecule has 3 aliphatic rings. The van der Waals surface area contributed by atoms with Gasteiger partial charge in [0.25, 0.3) is 0 Å². The van der Waals surface area contributed by atoms with Crippen molar-refractivity contribution in [2.75, 3.05) is 13.2 Å². The second kappa shape index (κ2) is 8.37. The minimum absolute atomic E-state index is 0.0491. The molecule has 184 valence electrons. The zero-order chi connectivity index (χ0) is 25.0. The molecule has 0 unspecified atom stereocenters. The van der Waals surface area contributed by atoms with Gasteiger partial charge in [-0.25, -0.2) is 13.9 Å². The van der Waals surface area contributed by atoms with E-state index in [1.807, 2.05) is 11.0 Å². The van der Waals surface area contributed by atoms with Gasteiger partial charge in [0.1, 0.15) is 29.7 Å². The summed E-state index contributed by atoms with van der Waals surface area (Å²) >= 11 is 5.93. The summed E-state index contributed by atoms with van der Waals surface area (Å²) in [7, 11) is 0. The van der Waals surface area contributed by atoms with Crippen LogP contribution in [0.1, 0.15) is 36.0 Å². The third kappa shape index (κ3) is 3.70. The number of rotatable bonds is 4. The summed E-state index contributed by atoms with van der Waals surface area (Å²) in [5.74, 6) is -0.131. The van der Waals surface area contributed by atoms with Crippen LogP contribution in [0.5, 0.6) is 0 Å². The number of halogens is 4. The standard InChI is InChI=1S/C24H18ClF3N6O2/c25-14-5-4-13(9-15(14)26)20-19(16-6-8-34(32-16)22(27)28)18-10-24(12-36-23(35)31-24)11-33(18)21(30-20)17-3-1-2-7-29-17/h1-9,20,22H,10-12H2,(H,31,35)/t20-,24+/m1/s1. The van der Waals surface area contributed by atoms with Gasteiger partial charge in [0.05, 0.1) is 17.3 Å². The molecule has 2 saturated heterocycles. The van der Waals surface area contributed by atoms with Crippen LogP contribution in [0.25, 0.3) is 5.57 Å². The first kappa shape index (κ1) is 22.6. The fourth-order valence-electron chi connectivity index (χ4n) is 4.90. The molecule has 6 rings (SSSR count). The highest BCUT2D eigenvalue weighted by molar-refractivity contribution is 6.30. The number of aliphatic imine (C=N–C) groups is 1. The van der Waals surface area contributed by atoms with Crippen molar-refractivity contribution in [2.24, 2.45) is 4.99 Å². The summed E-state index contributed by atoms with van der Waals surface area (Å²) in [5.41, 5.74) is 1.77. The number of nitrogens with zero attached hydrogens (tertiary/aromatic N) is 5. The fraction of sp³-hybridized carbons (Fsp3) is 0.250. The van der Waals surface area contributed by atoms with Crippen molar-refractivity contribution in [3.63, 3.8) is 0 Å². The number of amides is 1. The number of carbonyl (C=O) groups is 1. The largest absolute Gasteiger partial charge is 0.447 e. The number of ether oxygens (including phenoxy) is 1. The van der Waals surface area contributed by atoms with Crippen LogP contribution < -0.4 is 5.32 Å². The first-order valence-corrected chi connectivity index (χ1v) is 11.4. The number of alkyl carbamates (subject to hydrolysis) is 1. The molecule has 2 aromatic heterocycles. The molecule has 0 aliphatic carbocycles. The zero-order valence-corrected chi connectivity index (χ0v) is 19.3. The predicted molar refractivity (Wildman–Crippen MR) is 124 cm³/mol. The first-order chi connectivity index (χ1) is 17.3. The molecule has 2 atom stereocenters. The SMILES string of the molecule is O=C1N[C@@]2(CO1)CC1=C(c3ccn(C(F)F)n3)[C@@H](c3ccc(Cl)c(F)c3)N=C(c3ccccn3)N1C2. The molecule has 1 N–H and O–H groups in total. The van der Waals surface area contributed by atoms with Gasteiger partial charge in [-0.05, 0) is 35.9 Å². The Labute approximate surface area is 208 Å². The van der Waals surface area contributed by atoms with Crippen molar-refractivity contribution in [1.82, 2.24) is 25.0 Å². The first-order valence-electron chi connectivity index (χ1n) is 11.1. The van der Waals surface area contributed by atoms with Gasteiger partial charge in [-0.2, -0.15) is 13.9 Å². The quantitative estimate of drug-likeness (QED) is 0.551. The lowest BCUT2D eigenvalue weighted by atomic mass is 9.90. The monoisotopic (exact) mass is 514 g/mol. The lowest BCUT2D eigenvalue weighted by Gasteiger charge is -2.32. The Hall–Kier alpha value is -3.86. The Morgan fingerprint density at radius 2 is 2.06 bits per heavy atom. The van der Waals surface area contributed by atoms with Crippen molar-refractivity contribution in [3.05, 3.63) is 88.3 Å². The molecule has 8 nitrogen and oxygen atoms in total. The van der Waals surface area contributed by atoms with Crippen molar-refractivity contribution in [1.29, 1.82) is 0 Å². The Balaban J connectivity index is 1.58. The second-order valence-electron chi connectivity index (χ2n) is 8.81. The van der Waals surface area contributed by atoms with Crippen LogP contribution in [0.3, 0.4) is 0 Å². The average Bonchev–Trinajstić information content (AvgIpc) is 3.59. The smallest absolute Gasteiger partial charge is 0.407 e. The van der Waals surface area contributed by atoms with Crippen molar-refractivity contribution >= 4 is 29.1 Å². The van der Waals surface area contributed by atoms with Crippen LogP contribution in [-0.2, 0) is 4.74 Å². The molecular formula is C24H18ClF3N6O2. The fourth-order valence-corrected chi connectivity index (χ4v) is 5.02. The molecule has 3 aromatic rings. The number of fused-ring (bicyclic) bond motifs is 1. The predicted octanol–water partition coefficient (Wildman–Crippen LogP) is 4.56. The van der Waals surface area contributed by atoms with Crippen LogP contribution >= 0.6 is 11.6 Å². The molecule has 0 saturated carbocycles. The van der Waals surface area contributed by atoms with Gasteiger partial charge in [0, 0.05) is 30.1 Å². The number of hydrogen-bond donors (Lipinski definition) is 1. The molecule has 1 aromatic carbocycles. The number of carbonyl (C=O) groups excluding carboxylic acids is 1. The van der Waals surface area contributed by atoms with E-state index in [0.717, 1.165) is 0 Å². The van der Waals surface area contributed by atoms with Crippen LogP contribution in [-0.4, -0.2) is 50.3 Å². The Kier molecular flexibility index (Phi) is 5.25. The van der Waals surface area contributed by atoms with E-state index in [0.29, 0.717) is 46.0 Å². The zero-order valence-electron chi connectivity index (χ0n) is 18.5. The number of hydrogen-bond acceptors (Lipinski definition) is 6. The van der Waals surface area contributed by atoms with Crippen molar-refractivity contribution < 1.29 is 22.7 Å². The van der Waals surface area contributed by atoms with Crippen LogP contribution in [0.15, 0.2) is 65.5 Å². The minimum Gasteiger partial charge on any atom is -0.447 e. The summed E-state index contributed by atoms with van der Waals surface area (Å²) in [5, 5.41) is 6.94. The van der Waals surface area contributed by atoms with E-state index < -0.39 is 30.0 Å². The summed E-state index contributed by atoms with van der Waals surface area (Å²) in [6.45, 7) is -2.38. The maximum Gasteiger partial charge on any atom is 0.407 e. The molecule has 1 spiro atoms. The molecule has 36 heavy (non-hydrogen) atoms. The number of nitrogens with one attached hydrogen (secondary N) is 1. The summed E-state index contributed by atoms with van der Waals surface area (Å²) in [4.78, 5) is 23.3. The Morgan fingerprint density at radius 1 is 1.19 bits per heavy atom. The number of cyclic esters (lactones) is 1. The average molecular weight is 515 g/mol. The van der Waals surface area contributed by atoms with E-state index in [1.54, 1.807) is 24.4 Å². The Morgan fingerprint density at radius 3 is 2.72 bits per heavy atom. The van der Waals surface area contributed by atoms with Crippen LogP contribution in [0, 0.1) is 5.82 Å². The molecule has 5 heterocycles. The van der Waals surface area contributed by atoms with Crippen LogP contribution in [0.2, 0.25) is 5.02 Å². The van der Waals surface area contributed by atoms with E-state index in [9.17, 15) is 18.0 Å². The van der Waals surface area contributed by atoms with Gasteiger partial charge in [0.15, 0.2) is 5.84 Å². The highest BCUT2D eigenvalue weighted by atomic mass is 35.5. The lowest BCUT2D eigenvalue weighted by Crippen LogP contribution is -2.47. The summed E-state index contributed by atoms with van der Waals surface area (Å²) in [6.07, 6.45) is 2.60. The van der Waals surface area contributed by atoms with Crippen molar-refractivity contribution in [3.8, 4) is 0 Å². The van der Waals surface area contributed by atoms with E-state index >= 15 is 0 Å². The summed E-state index contributed by atoms with van der Waals surface area (Å²) in [6, 6.07) is 10.4. The number of aromatic nitrogens is 3. The molecule has 0 radical (unpaired) electrons. The summed E-state index contributed by atoms with van der Waals surface area (Å²) < 4.78 is 47.1. The van der Waals surface area contributed by atoms with Gasteiger partial charge in [-0.1, -0.05) is 23.7 Å². The molecule has 2 fully saturated rings. The van der Waals surface area contributed by atoms with Gasteiger partial charge < -0.3 is 15.0 Å². The molecule has 0 bridgehead atoms. The van der Waals surface area contributed by atoms with E-state index in [1.165, 1.54) is 24.4 Å². The molecule has 1 amide bonds. The van der Waals surface area contributed by atoms with Gasteiger partial charge in [-0.3, -0.25) is 9.98 Å².